The minimum Gasteiger partial charge on any atom is -1.00 e. The molecule has 1 fully saturated rings. The Bertz CT molecular complexity index is 1550. The first-order valence-corrected chi connectivity index (χ1v) is 17.0. The lowest BCUT2D eigenvalue weighted by Crippen LogP contribution is -3.00. The molecule has 246 valence electrons. The molecular weight excluding hydrogens is 638 g/mol. The van der Waals surface area contributed by atoms with Crippen molar-refractivity contribution in [2.24, 2.45) is 0 Å². The van der Waals surface area contributed by atoms with Crippen LogP contribution in [-0.2, 0) is 30.0 Å². The highest BCUT2D eigenvalue weighted by Crippen LogP contribution is 2.42. The van der Waals surface area contributed by atoms with E-state index in [1.54, 1.807) is 4.31 Å². The fourth-order valence-corrected chi connectivity index (χ4v) is 7.65. The molecule has 1 aromatic heterocycles. The smallest absolute Gasteiger partial charge is 0.351 e. The van der Waals surface area contributed by atoms with Gasteiger partial charge in [0, 0.05) is 35.3 Å². The van der Waals surface area contributed by atoms with Gasteiger partial charge in [0.1, 0.15) is 18.9 Å². The number of nitrogens with zero attached hydrogens (tertiary/aromatic N) is 2. The molecule has 0 radical (unpaired) electrons. The van der Waals surface area contributed by atoms with E-state index in [9.17, 15) is 18.0 Å². The molecule has 2 heterocycles. The van der Waals surface area contributed by atoms with Gasteiger partial charge in [0.2, 0.25) is 10.0 Å². The second-order valence-corrected chi connectivity index (χ2v) is 14.9. The SMILES string of the molecule is COC(=O)c1sc(-c2cccc(NC3CCN(S(=O)(=O)Cc4ccccc4)CC3)c2)c(C)c1OCC(=O)OCC[N+](C)(C)C.[Cl-]. The van der Waals surface area contributed by atoms with Gasteiger partial charge in [-0.15, -0.1) is 11.3 Å². The van der Waals surface area contributed by atoms with E-state index in [1.807, 2.05) is 82.7 Å². The molecule has 0 saturated carbocycles. The first-order valence-electron chi connectivity index (χ1n) is 14.6. The number of benzene rings is 2. The third-order valence-electron chi connectivity index (χ3n) is 7.36. The molecule has 0 spiro atoms. The molecule has 0 bridgehead atoms. The van der Waals surface area contributed by atoms with E-state index in [4.69, 9.17) is 14.2 Å². The molecule has 0 atom stereocenters. The quantitative estimate of drug-likeness (QED) is 0.214. The molecule has 1 saturated heterocycles. The van der Waals surface area contributed by atoms with Crippen molar-refractivity contribution in [1.29, 1.82) is 0 Å². The minimum absolute atomic E-state index is 0. The zero-order chi connectivity index (χ0) is 31.9. The van der Waals surface area contributed by atoms with E-state index in [1.165, 1.54) is 18.4 Å². The van der Waals surface area contributed by atoms with Crippen LogP contribution in [0.15, 0.2) is 54.6 Å². The summed E-state index contributed by atoms with van der Waals surface area (Å²) in [6, 6.07) is 17.2. The number of hydrogen-bond donors (Lipinski definition) is 1. The summed E-state index contributed by atoms with van der Waals surface area (Å²) in [7, 11) is 3.96. The van der Waals surface area contributed by atoms with Crippen LogP contribution in [0.4, 0.5) is 5.69 Å². The van der Waals surface area contributed by atoms with Crippen LogP contribution in [-0.4, -0.2) is 96.3 Å². The molecule has 4 rings (SSSR count). The second-order valence-electron chi connectivity index (χ2n) is 11.9. The van der Waals surface area contributed by atoms with Gasteiger partial charge in [-0.2, -0.15) is 0 Å². The number of carbonyl (C=O) groups excluding carboxylic acids is 2. The zero-order valence-corrected chi connectivity index (χ0v) is 28.8. The van der Waals surface area contributed by atoms with E-state index < -0.39 is 22.0 Å². The van der Waals surface area contributed by atoms with Gasteiger partial charge in [-0.05, 0) is 43.0 Å². The van der Waals surface area contributed by atoms with Crippen molar-refractivity contribution in [1.82, 2.24) is 4.31 Å². The molecule has 1 aliphatic rings. The van der Waals surface area contributed by atoms with E-state index >= 15 is 0 Å². The van der Waals surface area contributed by atoms with Crippen LogP contribution in [0.5, 0.6) is 5.75 Å². The van der Waals surface area contributed by atoms with Crippen molar-refractivity contribution in [3.8, 4) is 16.2 Å². The standard InChI is InChI=1S/C32H42N3O7S2.ClH/c1-23-29(42-21-28(36)41-19-18-35(2,3)4)31(32(37)40-5)43-30(23)25-12-9-13-27(20-25)33-26-14-16-34(17-15-26)44(38,39)22-24-10-7-6-8-11-24;/h6-13,20,26,33H,14-19,21-22H2,1-5H3;1H/q+1;/p-1. The minimum atomic E-state index is -3.38. The summed E-state index contributed by atoms with van der Waals surface area (Å²) in [5.41, 5.74) is 3.28. The van der Waals surface area contributed by atoms with Crippen molar-refractivity contribution in [2.45, 2.75) is 31.6 Å². The Balaban J connectivity index is 0.00000552. The van der Waals surface area contributed by atoms with Gasteiger partial charge in [-0.1, -0.05) is 42.5 Å². The molecule has 0 aliphatic carbocycles. The molecular formula is C32H42ClN3O7S2. The summed E-state index contributed by atoms with van der Waals surface area (Å²) >= 11 is 1.25. The predicted octanol–water partition coefficient (Wildman–Crippen LogP) is 1.55. The summed E-state index contributed by atoms with van der Waals surface area (Å²) in [6.07, 6.45) is 1.37. The number of sulfonamides is 1. The molecule has 3 aromatic rings. The van der Waals surface area contributed by atoms with Gasteiger partial charge in [-0.3, -0.25) is 0 Å². The number of rotatable bonds is 13. The van der Waals surface area contributed by atoms with Gasteiger partial charge < -0.3 is 36.4 Å². The maximum absolute atomic E-state index is 13.0. The van der Waals surface area contributed by atoms with E-state index in [2.05, 4.69) is 5.32 Å². The molecule has 45 heavy (non-hydrogen) atoms. The maximum atomic E-state index is 13.0. The van der Waals surface area contributed by atoms with Crippen LogP contribution in [0.1, 0.15) is 33.6 Å². The number of nitrogens with one attached hydrogen (secondary N) is 1. The number of halogens is 1. The lowest BCUT2D eigenvalue weighted by atomic mass is 10.0. The Morgan fingerprint density at radius 1 is 1.04 bits per heavy atom. The summed E-state index contributed by atoms with van der Waals surface area (Å²) in [6.45, 7) is 3.37. The number of quaternary nitrogens is 1. The number of anilines is 1. The Morgan fingerprint density at radius 2 is 1.73 bits per heavy atom. The van der Waals surface area contributed by atoms with Crippen LogP contribution in [0.25, 0.3) is 10.4 Å². The largest absolute Gasteiger partial charge is 1.00 e. The Kier molecular flexibility index (Phi) is 12.8. The highest BCUT2D eigenvalue weighted by molar-refractivity contribution is 7.88. The summed E-state index contributed by atoms with van der Waals surface area (Å²) in [4.78, 5) is 26.0. The predicted molar refractivity (Wildman–Crippen MR) is 172 cm³/mol. The van der Waals surface area contributed by atoms with Crippen LogP contribution in [0, 0.1) is 6.92 Å². The fourth-order valence-electron chi connectivity index (χ4n) is 4.92. The van der Waals surface area contributed by atoms with Gasteiger partial charge in [0.15, 0.2) is 11.5 Å². The lowest BCUT2D eigenvalue weighted by Gasteiger charge is -2.32. The fraction of sp³-hybridized carbons (Fsp3) is 0.438. The van der Waals surface area contributed by atoms with E-state index in [-0.39, 0.29) is 42.3 Å². The van der Waals surface area contributed by atoms with Gasteiger partial charge in [0.05, 0.1) is 34.0 Å². The molecule has 0 amide bonds. The number of hydrogen-bond acceptors (Lipinski definition) is 9. The van der Waals surface area contributed by atoms with Crippen LogP contribution in [0.3, 0.4) is 0 Å². The van der Waals surface area contributed by atoms with E-state index in [0.717, 1.165) is 27.3 Å². The van der Waals surface area contributed by atoms with Gasteiger partial charge >= 0.3 is 11.9 Å². The Labute approximate surface area is 276 Å². The molecule has 13 heteroatoms. The van der Waals surface area contributed by atoms with Crippen LogP contribution in [0.2, 0.25) is 0 Å². The van der Waals surface area contributed by atoms with Gasteiger partial charge in [0.25, 0.3) is 0 Å². The van der Waals surface area contributed by atoms with Crippen molar-refractivity contribution in [2.75, 3.05) is 66.4 Å². The summed E-state index contributed by atoms with van der Waals surface area (Å²) in [5.74, 6) is -0.735. The number of thiophene rings is 1. The molecule has 10 nitrogen and oxygen atoms in total. The number of likely N-dealkylation sites (N-methyl/N-ethyl adjacent to an activating group) is 1. The molecule has 0 unspecified atom stereocenters. The first-order chi connectivity index (χ1) is 20.9. The monoisotopic (exact) mass is 679 g/mol. The number of esters is 2. The average molecular weight is 680 g/mol. The number of ether oxygens (including phenoxy) is 3. The number of methoxy groups -OCH3 is 1. The van der Waals surface area contributed by atoms with Crippen molar-refractivity contribution >= 4 is 39.0 Å². The summed E-state index contributed by atoms with van der Waals surface area (Å²) in [5, 5.41) is 3.56. The highest BCUT2D eigenvalue weighted by Gasteiger charge is 2.29. The van der Waals surface area contributed by atoms with Gasteiger partial charge in [-0.25, -0.2) is 22.3 Å². The highest BCUT2D eigenvalue weighted by atomic mass is 35.5. The Hall–Kier alpha value is -3.16. The average Bonchev–Trinajstić information content (AvgIpc) is 3.31. The Morgan fingerprint density at radius 3 is 2.38 bits per heavy atom. The van der Waals surface area contributed by atoms with Crippen LogP contribution >= 0.6 is 11.3 Å². The molecule has 1 aliphatic heterocycles. The first kappa shape index (κ1) is 36.3. The van der Waals surface area contributed by atoms with Crippen LogP contribution < -0.4 is 22.5 Å². The summed E-state index contributed by atoms with van der Waals surface area (Å²) < 4.78 is 44.3. The van der Waals surface area contributed by atoms with Crippen molar-refractivity contribution in [3.63, 3.8) is 0 Å². The zero-order valence-electron chi connectivity index (χ0n) is 26.4. The maximum Gasteiger partial charge on any atom is 0.351 e. The number of piperidine rings is 1. The third kappa shape index (κ3) is 10.2. The molecule has 1 N–H and O–H groups in total. The topological polar surface area (TPSA) is 111 Å². The van der Waals surface area contributed by atoms with E-state index in [0.29, 0.717) is 42.7 Å². The number of carbonyl (C=O) groups is 2. The normalized spacial score (nSPS) is 14.3. The van der Waals surface area contributed by atoms with Crippen molar-refractivity contribution < 1.29 is 49.1 Å². The third-order valence-corrected chi connectivity index (χ3v) is 10.5. The second kappa shape index (κ2) is 15.9. The van der Waals surface area contributed by atoms with Crippen molar-refractivity contribution in [3.05, 3.63) is 70.6 Å². The molecule has 2 aromatic carbocycles. The lowest BCUT2D eigenvalue weighted by molar-refractivity contribution is -0.870.